The monoisotopic (exact) mass is 495 g/mol. The number of nitrogens with zero attached hydrogens (tertiary/aromatic N) is 4. The van der Waals surface area contributed by atoms with Gasteiger partial charge < -0.3 is 15.1 Å². The summed E-state index contributed by atoms with van der Waals surface area (Å²) in [4.78, 5) is 26.6. The average molecular weight is 496 g/mol. The summed E-state index contributed by atoms with van der Waals surface area (Å²) < 4.78 is 14.0. The lowest BCUT2D eigenvalue weighted by Gasteiger charge is -2.36. The van der Waals surface area contributed by atoms with Gasteiger partial charge in [-0.2, -0.15) is 0 Å². The van der Waals surface area contributed by atoms with E-state index < -0.39 is 0 Å². The van der Waals surface area contributed by atoms with Crippen molar-refractivity contribution in [2.45, 2.75) is 20.3 Å². The summed E-state index contributed by atoms with van der Waals surface area (Å²) in [5, 5.41) is 3.00. The van der Waals surface area contributed by atoms with E-state index in [4.69, 9.17) is 9.97 Å². The van der Waals surface area contributed by atoms with Crippen LogP contribution in [0, 0.1) is 19.7 Å². The number of piperazine rings is 1. The highest BCUT2D eigenvalue weighted by Crippen LogP contribution is 2.28. The number of carbonyl (C=O) groups excluding carboxylic acids is 1. The molecule has 2 heterocycles. The van der Waals surface area contributed by atoms with Crippen LogP contribution in [-0.4, -0.2) is 47.1 Å². The fourth-order valence-corrected chi connectivity index (χ4v) is 4.65. The molecule has 1 N–H and O–H groups in total. The Morgan fingerprint density at radius 1 is 0.892 bits per heavy atom. The molecule has 6 nitrogen and oxygen atoms in total. The normalized spacial score (nSPS) is 13.5. The van der Waals surface area contributed by atoms with Crippen molar-refractivity contribution in [2.24, 2.45) is 0 Å². The second-order valence-electron chi connectivity index (χ2n) is 9.38. The van der Waals surface area contributed by atoms with Crippen LogP contribution in [-0.2, 0) is 6.42 Å². The van der Waals surface area contributed by atoms with E-state index >= 15 is 0 Å². The zero-order valence-electron chi connectivity index (χ0n) is 21.1. The van der Waals surface area contributed by atoms with Gasteiger partial charge in [-0.05, 0) is 49.2 Å². The molecule has 0 spiro atoms. The Kier molecular flexibility index (Phi) is 7.12. The second-order valence-corrected chi connectivity index (χ2v) is 9.38. The van der Waals surface area contributed by atoms with Crippen molar-refractivity contribution >= 4 is 17.5 Å². The number of urea groups is 1. The van der Waals surface area contributed by atoms with E-state index in [0.717, 1.165) is 28.3 Å². The highest BCUT2D eigenvalue weighted by molar-refractivity contribution is 5.89. The maximum absolute atomic E-state index is 14.0. The first-order chi connectivity index (χ1) is 18.0. The van der Waals surface area contributed by atoms with Crippen LogP contribution < -0.4 is 10.2 Å². The number of halogens is 1. The topological polar surface area (TPSA) is 61.4 Å². The molecule has 37 heavy (non-hydrogen) atoms. The molecule has 1 saturated heterocycles. The van der Waals surface area contributed by atoms with E-state index in [0.29, 0.717) is 44.0 Å². The van der Waals surface area contributed by atoms with Gasteiger partial charge in [0.1, 0.15) is 11.6 Å². The van der Waals surface area contributed by atoms with E-state index in [1.807, 2.05) is 67.3 Å². The van der Waals surface area contributed by atoms with Gasteiger partial charge in [-0.1, -0.05) is 54.6 Å². The number of benzene rings is 3. The highest BCUT2D eigenvalue weighted by atomic mass is 19.1. The third-order valence-electron chi connectivity index (χ3n) is 6.63. The molecule has 7 heteroatoms. The number of carbonyl (C=O) groups is 1. The van der Waals surface area contributed by atoms with Gasteiger partial charge in [-0.25, -0.2) is 19.2 Å². The number of aryl methyl sites for hydroxylation is 2. The van der Waals surface area contributed by atoms with Crippen LogP contribution in [0.3, 0.4) is 0 Å². The molecule has 3 aromatic carbocycles. The van der Waals surface area contributed by atoms with Gasteiger partial charge in [0.25, 0.3) is 0 Å². The van der Waals surface area contributed by atoms with Crippen LogP contribution in [0.15, 0.2) is 78.9 Å². The van der Waals surface area contributed by atoms with Gasteiger partial charge in [0.05, 0.1) is 0 Å². The van der Waals surface area contributed by atoms with Crippen molar-refractivity contribution in [2.75, 3.05) is 36.4 Å². The molecule has 0 bridgehead atoms. The minimum atomic E-state index is -0.318. The summed E-state index contributed by atoms with van der Waals surface area (Å²) in [5.41, 5.74) is 5.62. The van der Waals surface area contributed by atoms with E-state index in [9.17, 15) is 9.18 Å². The van der Waals surface area contributed by atoms with Gasteiger partial charge in [-0.3, -0.25) is 0 Å². The molecule has 188 valence electrons. The number of rotatable bonds is 5. The third kappa shape index (κ3) is 5.77. The van der Waals surface area contributed by atoms with Gasteiger partial charge in [0, 0.05) is 55.1 Å². The molecule has 0 unspecified atom stereocenters. The maximum Gasteiger partial charge on any atom is 0.321 e. The van der Waals surface area contributed by atoms with Crippen LogP contribution >= 0.6 is 0 Å². The van der Waals surface area contributed by atoms with Crippen molar-refractivity contribution < 1.29 is 9.18 Å². The molecule has 0 aliphatic carbocycles. The zero-order chi connectivity index (χ0) is 25.8. The van der Waals surface area contributed by atoms with Gasteiger partial charge in [-0.15, -0.1) is 0 Å². The quantitative estimate of drug-likeness (QED) is 0.378. The Morgan fingerprint density at radius 3 is 2.38 bits per heavy atom. The molecule has 2 amide bonds. The zero-order valence-corrected chi connectivity index (χ0v) is 21.1. The molecule has 1 aliphatic rings. The number of amides is 2. The molecule has 0 atom stereocenters. The fourth-order valence-electron chi connectivity index (χ4n) is 4.65. The fraction of sp³-hybridized carbons (Fsp3) is 0.233. The predicted molar refractivity (Wildman–Crippen MR) is 145 cm³/mol. The molecule has 1 fully saturated rings. The molecule has 0 radical (unpaired) electrons. The summed E-state index contributed by atoms with van der Waals surface area (Å²) in [7, 11) is 0. The second kappa shape index (κ2) is 10.8. The minimum absolute atomic E-state index is 0.103. The van der Waals surface area contributed by atoms with E-state index in [1.165, 1.54) is 17.7 Å². The number of anilines is 2. The molecule has 4 aromatic rings. The lowest BCUT2D eigenvalue weighted by molar-refractivity contribution is 0.208. The number of aromatic nitrogens is 2. The molecule has 1 aliphatic heterocycles. The van der Waals surface area contributed by atoms with Crippen LogP contribution in [0.2, 0.25) is 0 Å². The van der Waals surface area contributed by atoms with Crippen LogP contribution in [0.4, 0.5) is 20.7 Å². The number of hydrogen-bond donors (Lipinski definition) is 1. The van der Waals surface area contributed by atoms with E-state index in [-0.39, 0.29) is 11.8 Å². The Morgan fingerprint density at radius 2 is 1.65 bits per heavy atom. The van der Waals surface area contributed by atoms with Crippen molar-refractivity contribution in [1.82, 2.24) is 14.9 Å². The first kappa shape index (κ1) is 24.4. The molecule has 5 rings (SSSR count). The Hall–Kier alpha value is -4.26. The summed E-state index contributed by atoms with van der Waals surface area (Å²) >= 11 is 0. The Balaban J connectivity index is 1.40. The van der Waals surface area contributed by atoms with Crippen LogP contribution in [0.1, 0.15) is 22.4 Å². The van der Waals surface area contributed by atoms with E-state index in [2.05, 4.69) is 22.3 Å². The molecule has 0 saturated carbocycles. The van der Waals surface area contributed by atoms with Gasteiger partial charge in [0.15, 0.2) is 5.82 Å². The summed E-state index contributed by atoms with van der Waals surface area (Å²) in [5.74, 6) is 1.03. The molecular formula is C30H30FN5O. The van der Waals surface area contributed by atoms with E-state index in [1.54, 1.807) is 6.07 Å². The van der Waals surface area contributed by atoms with Crippen molar-refractivity contribution in [3.8, 4) is 11.4 Å². The first-order valence-electron chi connectivity index (χ1n) is 12.5. The maximum atomic E-state index is 14.0. The van der Waals surface area contributed by atoms with Crippen molar-refractivity contribution in [3.05, 3.63) is 107 Å². The largest absolute Gasteiger partial charge is 0.353 e. The lowest BCUT2D eigenvalue weighted by atomic mass is 10.0. The van der Waals surface area contributed by atoms with Crippen molar-refractivity contribution in [3.63, 3.8) is 0 Å². The van der Waals surface area contributed by atoms with Gasteiger partial charge >= 0.3 is 6.03 Å². The molecular weight excluding hydrogens is 465 g/mol. The number of hydrogen-bond acceptors (Lipinski definition) is 4. The standard InChI is InChI=1S/C30H30FN5O/c1-21-8-6-13-26(18-21)33-30(37)36-16-14-35(15-17-36)29-27(19-23-9-4-3-5-10-23)22(2)32-28(34-29)24-11-7-12-25(31)20-24/h3-13,18,20H,14-17,19H2,1-2H3,(H,33,37). The summed E-state index contributed by atoms with van der Waals surface area (Å²) in [6.07, 6.45) is 0.694. The number of nitrogens with one attached hydrogen (secondary N) is 1. The Labute approximate surface area is 216 Å². The minimum Gasteiger partial charge on any atom is -0.353 e. The summed E-state index contributed by atoms with van der Waals surface area (Å²) in [6.45, 7) is 6.41. The Bertz CT molecular complexity index is 1400. The van der Waals surface area contributed by atoms with Crippen molar-refractivity contribution in [1.29, 1.82) is 0 Å². The molecule has 1 aromatic heterocycles. The average Bonchev–Trinajstić information content (AvgIpc) is 2.90. The smallest absolute Gasteiger partial charge is 0.321 e. The predicted octanol–water partition coefficient (Wildman–Crippen LogP) is 5.84. The van der Waals surface area contributed by atoms with Gasteiger partial charge in [0.2, 0.25) is 0 Å². The van der Waals surface area contributed by atoms with Crippen LogP contribution in [0.5, 0.6) is 0 Å². The third-order valence-corrected chi connectivity index (χ3v) is 6.63. The lowest BCUT2D eigenvalue weighted by Crippen LogP contribution is -2.50. The summed E-state index contributed by atoms with van der Waals surface area (Å²) in [6, 6.07) is 24.3. The highest BCUT2D eigenvalue weighted by Gasteiger charge is 2.25. The van der Waals surface area contributed by atoms with Crippen LogP contribution in [0.25, 0.3) is 11.4 Å². The SMILES string of the molecule is Cc1cccc(NC(=O)N2CCN(c3nc(-c4cccc(F)c4)nc(C)c3Cc3ccccc3)CC2)c1. The first-order valence-corrected chi connectivity index (χ1v) is 12.5.